The predicted molar refractivity (Wildman–Crippen MR) is 80.0 cm³/mol. The molecule has 5 nitrogen and oxygen atoms in total. The molecule has 0 spiro atoms. The second-order valence-corrected chi connectivity index (χ2v) is 5.36. The van der Waals surface area contributed by atoms with Gasteiger partial charge in [0.25, 0.3) is 0 Å². The third-order valence-corrected chi connectivity index (χ3v) is 4.16. The average Bonchev–Trinajstić information content (AvgIpc) is 2.93. The smallest absolute Gasteiger partial charge is 0.324 e. The predicted octanol–water partition coefficient (Wildman–Crippen LogP) is 3.76. The van der Waals surface area contributed by atoms with Crippen LogP contribution in [0.15, 0.2) is 42.5 Å². The number of hydrogen-bond acceptors (Lipinski definition) is 5. The summed E-state index contributed by atoms with van der Waals surface area (Å²) in [6.07, 6.45) is 0. The Hall–Kier alpha value is -2.60. The highest BCUT2D eigenvalue weighted by molar-refractivity contribution is 7.18. The molecule has 0 amide bonds. The van der Waals surface area contributed by atoms with Crippen molar-refractivity contribution in [3.05, 3.63) is 52.6 Å². The molecule has 3 rings (SSSR count). The van der Waals surface area contributed by atoms with Gasteiger partial charge in [-0.3, -0.25) is 10.1 Å². The van der Waals surface area contributed by atoms with Crippen LogP contribution < -0.4 is 5.73 Å². The minimum absolute atomic E-state index is 0.0335. The molecule has 0 bridgehead atoms. The fraction of sp³-hybridized carbons (Fsp3) is 0. The van der Waals surface area contributed by atoms with Gasteiger partial charge in [-0.05, 0) is 12.1 Å². The van der Waals surface area contributed by atoms with Crippen LogP contribution in [0.25, 0.3) is 21.2 Å². The first-order valence-electron chi connectivity index (χ1n) is 5.82. The van der Waals surface area contributed by atoms with E-state index in [4.69, 9.17) is 5.73 Å². The van der Waals surface area contributed by atoms with Crippen molar-refractivity contribution in [3.8, 4) is 16.2 Å². The Bertz CT molecular complexity index is 826. The molecule has 0 aliphatic carbocycles. The van der Waals surface area contributed by atoms with Gasteiger partial charge in [0, 0.05) is 33.0 Å². The van der Waals surface area contributed by atoms with Crippen molar-refractivity contribution >= 4 is 32.8 Å². The molecule has 20 heavy (non-hydrogen) atoms. The van der Waals surface area contributed by atoms with Gasteiger partial charge in [0.1, 0.15) is 5.75 Å². The molecule has 0 atom stereocenters. The van der Waals surface area contributed by atoms with Gasteiger partial charge < -0.3 is 10.8 Å². The van der Waals surface area contributed by atoms with Crippen LogP contribution in [0, 0.1) is 10.1 Å². The topological polar surface area (TPSA) is 89.4 Å². The Morgan fingerprint density at radius 3 is 2.50 bits per heavy atom. The van der Waals surface area contributed by atoms with E-state index >= 15 is 0 Å². The number of rotatable bonds is 2. The van der Waals surface area contributed by atoms with Crippen LogP contribution in [0.3, 0.4) is 0 Å². The molecular weight excluding hydrogens is 276 g/mol. The minimum Gasteiger partial charge on any atom is -0.507 e. The van der Waals surface area contributed by atoms with Crippen molar-refractivity contribution < 1.29 is 10.0 Å². The summed E-state index contributed by atoms with van der Waals surface area (Å²) < 4.78 is 0. The summed E-state index contributed by atoms with van der Waals surface area (Å²) in [5.41, 5.74) is 7.03. The zero-order valence-corrected chi connectivity index (χ0v) is 11.1. The number of nitrogens with zero attached hydrogens (tertiary/aromatic N) is 1. The number of benzene rings is 2. The molecule has 1 heterocycles. The van der Waals surface area contributed by atoms with Gasteiger partial charge in [-0.15, -0.1) is 0 Å². The van der Waals surface area contributed by atoms with E-state index in [9.17, 15) is 15.2 Å². The summed E-state index contributed by atoms with van der Waals surface area (Å²) in [6, 6.07) is 11.9. The number of phenols is 1. The molecule has 3 N–H and O–H groups in total. The largest absolute Gasteiger partial charge is 0.507 e. The Morgan fingerprint density at radius 2 is 1.85 bits per heavy atom. The van der Waals surface area contributed by atoms with Gasteiger partial charge in [0.05, 0.1) is 4.92 Å². The minimum atomic E-state index is -0.449. The number of nitro groups is 1. The van der Waals surface area contributed by atoms with E-state index in [-0.39, 0.29) is 10.8 Å². The van der Waals surface area contributed by atoms with E-state index in [1.165, 1.54) is 6.07 Å². The molecule has 0 unspecified atom stereocenters. The molecule has 2 aromatic carbocycles. The van der Waals surface area contributed by atoms with E-state index in [2.05, 4.69) is 0 Å². The SMILES string of the molecule is Nc1cc(-c2ccc([N+](=O)[O-])s2)c(O)c2ccccc12. The van der Waals surface area contributed by atoms with Gasteiger partial charge in [-0.25, -0.2) is 0 Å². The molecule has 3 aromatic rings. The Kier molecular flexibility index (Phi) is 2.80. The molecule has 100 valence electrons. The number of nitrogen functional groups attached to an aromatic ring is 1. The number of aromatic hydroxyl groups is 1. The van der Waals surface area contributed by atoms with Gasteiger partial charge in [0.15, 0.2) is 0 Å². The lowest BCUT2D eigenvalue weighted by Gasteiger charge is -2.09. The molecular formula is C14H10N2O3S. The van der Waals surface area contributed by atoms with E-state index in [1.807, 2.05) is 18.2 Å². The molecule has 0 aliphatic rings. The zero-order chi connectivity index (χ0) is 14.3. The molecule has 1 aromatic heterocycles. The van der Waals surface area contributed by atoms with Gasteiger partial charge in [-0.2, -0.15) is 0 Å². The maximum atomic E-state index is 10.7. The van der Waals surface area contributed by atoms with Crippen LogP contribution in [0.5, 0.6) is 5.75 Å². The summed E-state index contributed by atoms with van der Waals surface area (Å²) in [7, 11) is 0. The van der Waals surface area contributed by atoms with Crippen molar-refractivity contribution in [1.82, 2.24) is 0 Å². The Labute approximate surface area is 118 Å². The number of fused-ring (bicyclic) bond motifs is 1. The van der Waals surface area contributed by atoms with E-state index in [1.54, 1.807) is 18.2 Å². The van der Waals surface area contributed by atoms with E-state index in [0.717, 1.165) is 16.7 Å². The van der Waals surface area contributed by atoms with Crippen molar-refractivity contribution in [3.63, 3.8) is 0 Å². The van der Waals surface area contributed by atoms with Crippen molar-refractivity contribution in [2.24, 2.45) is 0 Å². The van der Waals surface area contributed by atoms with Crippen molar-refractivity contribution in [2.75, 3.05) is 5.73 Å². The number of thiophene rings is 1. The fourth-order valence-electron chi connectivity index (χ4n) is 2.15. The molecule has 0 aliphatic heterocycles. The number of nitrogens with two attached hydrogens (primary N) is 1. The molecule has 0 saturated heterocycles. The second kappa shape index (κ2) is 4.50. The van der Waals surface area contributed by atoms with Crippen LogP contribution in [-0.4, -0.2) is 10.0 Å². The molecule has 0 fully saturated rings. The summed E-state index contributed by atoms with van der Waals surface area (Å²) in [6.45, 7) is 0. The van der Waals surface area contributed by atoms with Crippen LogP contribution in [0.2, 0.25) is 0 Å². The lowest BCUT2D eigenvalue weighted by atomic mass is 10.0. The van der Waals surface area contributed by atoms with Crippen LogP contribution in [0.1, 0.15) is 0 Å². The summed E-state index contributed by atoms with van der Waals surface area (Å²) >= 11 is 1.01. The molecule has 0 saturated carbocycles. The Morgan fingerprint density at radius 1 is 1.15 bits per heavy atom. The number of anilines is 1. The molecule has 6 heteroatoms. The lowest BCUT2D eigenvalue weighted by Crippen LogP contribution is -1.89. The number of phenolic OH excluding ortho intramolecular Hbond substituents is 1. The van der Waals surface area contributed by atoms with Crippen LogP contribution in [-0.2, 0) is 0 Å². The highest BCUT2D eigenvalue weighted by Gasteiger charge is 2.16. The zero-order valence-electron chi connectivity index (χ0n) is 10.2. The maximum absolute atomic E-state index is 10.7. The first-order chi connectivity index (χ1) is 9.58. The summed E-state index contributed by atoms with van der Waals surface area (Å²) in [5, 5.41) is 22.5. The summed E-state index contributed by atoms with van der Waals surface area (Å²) in [5.74, 6) is 0.0894. The highest BCUT2D eigenvalue weighted by atomic mass is 32.1. The van der Waals surface area contributed by atoms with Gasteiger partial charge >= 0.3 is 5.00 Å². The van der Waals surface area contributed by atoms with Crippen LogP contribution >= 0.6 is 11.3 Å². The molecule has 0 radical (unpaired) electrons. The maximum Gasteiger partial charge on any atom is 0.324 e. The first kappa shape index (κ1) is 12.4. The van der Waals surface area contributed by atoms with Crippen molar-refractivity contribution in [1.29, 1.82) is 0 Å². The Balaban J connectivity index is 2.25. The third-order valence-electron chi connectivity index (χ3n) is 3.09. The number of hydrogen-bond donors (Lipinski definition) is 2. The lowest BCUT2D eigenvalue weighted by molar-refractivity contribution is -0.380. The fourth-order valence-corrected chi connectivity index (χ4v) is 2.98. The van der Waals surface area contributed by atoms with Crippen LogP contribution in [0.4, 0.5) is 10.7 Å². The van der Waals surface area contributed by atoms with Gasteiger partial charge in [-0.1, -0.05) is 35.6 Å². The van der Waals surface area contributed by atoms with E-state index in [0.29, 0.717) is 21.5 Å². The standard InChI is InChI=1S/C14H10N2O3S/c15-11-7-10(12-5-6-13(20-12)16(18)19)14(17)9-4-2-1-3-8(9)11/h1-7,17H,15H2. The highest BCUT2D eigenvalue weighted by Crippen LogP contribution is 2.42. The third kappa shape index (κ3) is 1.86. The normalized spacial score (nSPS) is 10.8. The van der Waals surface area contributed by atoms with E-state index < -0.39 is 4.92 Å². The van der Waals surface area contributed by atoms with Crippen molar-refractivity contribution in [2.45, 2.75) is 0 Å². The quantitative estimate of drug-likeness (QED) is 0.325. The average molecular weight is 286 g/mol. The first-order valence-corrected chi connectivity index (χ1v) is 6.64. The van der Waals surface area contributed by atoms with Gasteiger partial charge in [0.2, 0.25) is 0 Å². The second-order valence-electron chi connectivity index (χ2n) is 4.30. The summed E-state index contributed by atoms with van der Waals surface area (Å²) in [4.78, 5) is 10.9. The monoisotopic (exact) mass is 286 g/mol.